The largest absolute Gasteiger partial charge is 0.342 e. The van der Waals surface area contributed by atoms with E-state index in [-0.39, 0.29) is 12.4 Å². The minimum atomic E-state index is 0. The summed E-state index contributed by atoms with van der Waals surface area (Å²) in [5.41, 5.74) is 5.45. The quantitative estimate of drug-likeness (QED) is 0.757. The highest BCUT2D eigenvalue weighted by molar-refractivity contribution is 5.85. The van der Waals surface area contributed by atoms with E-state index >= 15 is 0 Å². The lowest BCUT2D eigenvalue weighted by atomic mass is 10.0. The Balaban J connectivity index is 0.00000162. The maximum Gasteiger partial charge on any atom is 0.222 e. The molecule has 4 heteroatoms. The lowest BCUT2D eigenvalue weighted by Gasteiger charge is -2.17. The molecule has 2 atom stereocenters. The van der Waals surface area contributed by atoms with Gasteiger partial charge in [0.2, 0.25) is 5.91 Å². The zero-order valence-corrected chi connectivity index (χ0v) is 12.1. The Morgan fingerprint density at radius 1 is 1.06 bits per heavy atom. The second-order valence-electron chi connectivity index (χ2n) is 5.70. The second kappa shape index (κ2) is 8.00. The van der Waals surface area contributed by atoms with Crippen LogP contribution in [0.25, 0.3) is 0 Å². The maximum absolute atomic E-state index is 12.0. The van der Waals surface area contributed by atoms with Crippen molar-refractivity contribution < 1.29 is 4.79 Å². The van der Waals surface area contributed by atoms with E-state index in [1.54, 1.807) is 0 Å². The van der Waals surface area contributed by atoms with Gasteiger partial charge < -0.3 is 10.6 Å². The third-order valence-electron chi connectivity index (χ3n) is 4.42. The van der Waals surface area contributed by atoms with Crippen LogP contribution in [0.4, 0.5) is 0 Å². The molecule has 1 aliphatic heterocycles. The van der Waals surface area contributed by atoms with Gasteiger partial charge in [-0.3, -0.25) is 4.79 Å². The van der Waals surface area contributed by atoms with Crippen LogP contribution in [-0.2, 0) is 4.79 Å². The number of hydrogen-bond donors (Lipinski definition) is 1. The van der Waals surface area contributed by atoms with E-state index in [1.165, 1.54) is 25.7 Å². The predicted molar refractivity (Wildman–Crippen MR) is 76.8 cm³/mol. The van der Waals surface area contributed by atoms with E-state index in [9.17, 15) is 4.79 Å². The number of fused-ring (bicyclic) bond motifs is 1. The molecule has 106 valence electrons. The van der Waals surface area contributed by atoms with Crippen molar-refractivity contribution in [2.75, 3.05) is 19.6 Å². The SMILES string of the molecule is Cl.NCCCCCCC(=O)N1CC2CCCC2C1. The van der Waals surface area contributed by atoms with Gasteiger partial charge in [-0.1, -0.05) is 19.3 Å². The monoisotopic (exact) mass is 274 g/mol. The third-order valence-corrected chi connectivity index (χ3v) is 4.42. The van der Waals surface area contributed by atoms with Crippen LogP contribution in [0.1, 0.15) is 51.4 Å². The predicted octanol–water partition coefficient (Wildman–Crippen LogP) is 2.58. The second-order valence-corrected chi connectivity index (χ2v) is 5.70. The average Bonchev–Trinajstić information content (AvgIpc) is 2.88. The number of hydrogen-bond acceptors (Lipinski definition) is 2. The molecule has 0 aromatic rings. The average molecular weight is 275 g/mol. The fraction of sp³-hybridized carbons (Fsp3) is 0.929. The molecule has 2 aliphatic rings. The molecule has 0 aromatic carbocycles. The molecule has 0 radical (unpaired) electrons. The molecule has 1 amide bonds. The van der Waals surface area contributed by atoms with Gasteiger partial charge in [-0.15, -0.1) is 12.4 Å². The Morgan fingerprint density at radius 3 is 2.28 bits per heavy atom. The molecule has 1 saturated carbocycles. The molecule has 2 unspecified atom stereocenters. The zero-order valence-electron chi connectivity index (χ0n) is 11.3. The fourth-order valence-corrected chi connectivity index (χ4v) is 3.37. The topological polar surface area (TPSA) is 46.3 Å². The van der Waals surface area contributed by atoms with Crippen molar-refractivity contribution in [1.82, 2.24) is 4.90 Å². The number of rotatable bonds is 6. The van der Waals surface area contributed by atoms with E-state index in [2.05, 4.69) is 4.90 Å². The third kappa shape index (κ3) is 4.13. The number of halogens is 1. The summed E-state index contributed by atoms with van der Waals surface area (Å²) in [5.74, 6) is 2.06. The Hall–Kier alpha value is -0.280. The molecule has 0 aromatic heterocycles. The summed E-state index contributed by atoms with van der Waals surface area (Å²) in [6, 6.07) is 0. The van der Waals surface area contributed by atoms with Crippen LogP contribution in [-0.4, -0.2) is 30.4 Å². The van der Waals surface area contributed by atoms with Crippen LogP contribution in [0.3, 0.4) is 0 Å². The molecule has 0 spiro atoms. The summed E-state index contributed by atoms with van der Waals surface area (Å²) in [6.07, 6.45) is 9.32. The van der Waals surface area contributed by atoms with E-state index in [1.807, 2.05) is 0 Å². The highest BCUT2D eigenvalue weighted by atomic mass is 35.5. The number of carbonyl (C=O) groups is 1. The Morgan fingerprint density at radius 2 is 1.67 bits per heavy atom. The van der Waals surface area contributed by atoms with Crippen LogP contribution < -0.4 is 5.73 Å². The highest BCUT2D eigenvalue weighted by Crippen LogP contribution is 2.37. The molecule has 0 bridgehead atoms. The van der Waals surface area contributed by atoms with Gasteiger partial charge in [0.05, 0.1) is 0 Å². The Bertz CT molecular complexity index is 248. The van der Waals surface area contributed by atoms with E-state index < -0.39 is 0 Å². The molecule has 1 heterocycles. The first-order valence-corrected chi connectivity index (χ1v) is 7.29. The van der Waals surface area contributed by atoms with Crippen LogP contribution >= 0.6 is 12.4 Å². The van der Waals surface area contributed by atoms with E-state index in [4.69, 9.17) is 5.73 Å². The normalized spacial score (nSPS) is 25.9. The van der Waals surface area contributed by atoms with Crippen LogP contribution in [0, 0.1) is 11.8 Å². The lowest BCUT2D eigenvalue weighted by molar-refractivity contribution is -0.130. The summed E-state index contributed by atoms with van der Waals surface area (Å²) in [7, 11) is 0. The minimum absolute atomic E-state index is 0. The van der Waals surface area contributed by atoms with E-state index in [0.717, 1.165) is 57.2 Å². The van der Waals surface area contributed by atoms with Gasteiger partial charge in [-0.25, -0.2) is 0 Å². The summed E-state index contributed by atoms with van der Waals surface area (Å²) < 4.78 is 0. The highest BCUT2D eigenvalue weighted by Gasteiger charge is 2.37. The number of likely N-dealkylation sites (tertiary alicyclic amines) is 1. The van der Waals surface area contributed by atoms with Crippen LogP contribution in [0.5, 0.6) is 0 Å². The van der Waals surface area contributed by atoms with Gasteiger partial charge in [0.25, 0.3) is 0 Å². The number of nitrogens with zero attached hydrogens (tertiary/aromatic N) is 1. The van der Waals surface area contributed by atoms with Gasteiger partial charge in [-0.05, 0) is 44.1 Å². The van der Waals surface area contributed by atoms with Gasteiger partial charge in [0.15, 0.2) is 0 Å². The lowest BCUT2D eigenvalue weighted by Crippen LogP contribution is -2.29. The minimum Gasteiger partial charge on any atom is -0.342 e. The summed E-state index contributed by atoms with van der Waals surface area (Å²) in [5, 5.41) is 0. The van der Waals surface area contributed by atoms with Crippen molar-refractivity contribution in [2.45, 2.75) is 51.4 Å². The van der Waals surface area contributed by atoms with Crippen molar-refractivity contribution in [2.24, 2.45) is 17.6 Å². The molecule has 2 rings (SSSR count). The molecule has 2 N–H and O–H groups in total. The van der Waals surface area contributed by atoms with E-state index in [0.29, 0.717) is 5.91 Å². The van der Waals surface area contributed by atoms with Gasteiger partial charge in [0.1, 0.15) is 0 Å². The van der Waals surface area contributed by atoms with Crippen molar-refractivity contribution in [3.8, 4) is 0 Å². The summed E-state index contributed by atoms with van der Waals surface area (Å²) in [6.45, 7) is 2.88. The van der Waals surface area contributed by atoms with Crippen molar-refractivity contribution >= 4 is 18.3 Å². The molecule has 1 aliphatic carbocycles. The molecular weight excluding hydrogens is 248 g/mol. The summed E-state index contributed by atoms with van der Waals surface area (Å²) in [4.78, 5) is 14.1. The van der Waals surface area contributed by atoms with Crippen LogP contribution in [0.2, 0.25) is 0 Å². The van der Waals surface area contributed by atoms with Gasteiger partial charge >= 0.3 is 0 Å². The van der Waals surface area contributed by atoms with Crippen LogP contribution in [0.15, 0.2) is 0 Å². The molecule has 1 saturated heterocycles. The van der Waals surface area contributed by atoms with Gasteiger partial charge in [0, 0.05) is 19.5 Å². The summed E-state index contributed by atoms with van der Waals surface area (Å²) >= 11 is 0. The zero-order chi connectivity index (χ0) is 12.1. The number of carbonyl (C=O) groups excluding carboxylic acids is 1. The first kappa shape index (κ1) is 15.8. The van der Waals surface area contributed by atoms with Crippen molar-refractivity contribution in [1.29, 1.82) is 0 Å². The first-order valence-electron chi connectivity index (χ1n) is 7.29. The van der Waals surface area contributed by atoms with Crippen molar-refractivity contribution in [3.63, 3.8) is 0 Å². The maximum atomic E-state index is 12.0. The molecule has 2 fully saturated rings. The number of unbranched alkanes of at least 4 members (excludes halogenated alkanes) is 3. The van der Waals surface area contributed by atoms with Crippen molar-refractivity contribution in [3.05, 3.63) is 0 Å². The Labute approximate surface area is 117 Å². The number of amides is 1. The van der Waals surface area contributed by atoms with Gasteiger partial charge in [-0.2, -0.15) is 0 Å². The molecular formula is C14H27ClN2O. The number of nitrogens with two attached hydrogens (primary N) is 1. The Kier molecular flexibility index (Phi) is 7.02. The molecule has 18 heavy (non-hydrogen) atoms. The fourth-order valence-electron chi connectivity index (χ4n) is 3.37. The molecule has 3 nitrogen and oxygen atoms in total. The smallest absolute Gasteiger partial charge is 0.222 e. The standard InChI is InChI=1S/C14H26N2O.ClH/c15-9-4-2-1-3-8-14(17)16-10-12-6-5-7-13(12)11-16;/h12-13H,1-11,15H2;1H. The first-order chi connectivity index (χ1) is 8.31.